The van der Waals surface area contributed by atoms with Gasteiger partial charge in [0, 0.05) is 5.02 Å². The Morgan fingerprint density at radius 3 is 2.77 bits per heavy atom. The van der Waals surface area contributed by atoms with Gasteiger partial charge in [-0.25, -0.2) is 4.39 Å². The Balaban J connectivity index is 2.94. The van der Waals surface area contributed by atoms with Crippen LogP contribution in [-0.4, -0.2) is 5.11 Å². The number of aromatic hydroxyl groups is 1. The van der Waals surface area contributed by atoms with E-state index in [1.165, 1.54) is 12.1 Å². The van der Waals surface area contributed by atoms with Gasteiger partial charge in [-0.15, -0.1) is 0 Å². The highest BCUT2D eigenvalue weighted by Crippen LogP contribution is 2.30. The molecule has 0 amide bonds. The monoisotopic (exact) mass is 196 g/mol. The topological polar surface area (TPSA) is 20.2 Å². The summed E-state index contributed by atoms with van der Waals surface area (Å²) in [4.78, 5) is 0. The van der Waals surface area contributed by atoms with Gasteiger partial charge in [0.25, 0.3) is 0 Å². The number of phenolic OH excluding ortho intramolecular Hbond substituents is 1. The van der Waals surface area contributed by atoms with Crippen LogP contribution >= 0.6 is 11.6 Å². The number of halogens is 2. The van der Waals surface area contributed by atoms with Gasteiger partial charge in [-0.05, 0) is 23.6 Å². The lowest BCUT2D eigenvalue weighted by atomic mass is 10.1. The first-order valence-corrected chi connectivity index (χ1v) is 4.13. The molecule has 0 unspecified atom stereocenters. The third kappa shape index (κ3) is 1.33. The highest BCUT2D eigenvalue weighted by atomic mass is 35.5. The maximum absolute atomic E-state index is 13.2. The van der Waals surface area contributed by atoms with Crippen molar-refractivity contribution in [3.8, 4) is 5.75 Å². The van der Waals surface area contributed by atoms with E-state index in [1.54, 1.807) is 18.2 Å². The third-order valence-electron chi connectivity index (χ3n) is 1.87. The van der Waals surface area contributed by atoms with Crippen molar-refractivity contribution in [2.75, 3.05) is 0 Å². The number of hydrogen-bond acceptors (Lipinski definition) is 1. The van der Waals surface area contributed by atoms with E-state index >= 15 is 0 Å². The summed E-state index contributed by atoms with van der Waals surface area (Å²) in [5, 5.41) is 10.6. The average Bonchev–Trinajstić information content (AvgIpc) is 2.02. The van der Waals surface area contributed by atoms with Gasteiger partial charge in [-0.2, -0.15) is 0 Å². The molecule has 0 bridgehead atoms. The SMILES string of the molecule is Oc1cc(Cl)cc2cccc(F)c12. The Morgan fingerprint density at radius 2 is 2.00 bits per heavy atom. The average molecular weight is 197 g/mol. The third-order valence-corrected chi connectivity index (χ3v) is 2.09. The minimum Gasteiger partial charge on any atom is -0.507 e. The second-order valence-corrected chi connectivity index (χ2v) is 3.20. The minimum atomic E-state index is -0.438. The van der Waals surface area contributed by atoms with Crippen molar-refractivity contribution in [3.05, 3.63) is 41.2 Å². The van der Waals surface area contributed by atoms with E-state index in [0.29, 0.717) is 10.4 Å². The molecule has 0 aliphatic rings. The molecule has 0 aromatic heterocycles. The van der Waals surface area contributed by atoms with Gasteiger partial charge in [0.1, 0.15) is 11.6 Å². The normalized spacial score (nSPS) is 10.6. The van der Waals surface area contributed by atoms with Crippen molar-refractivity contribution >= 4 is 22.4 Å². The molecule has 2 aromatic rings. The standard InChI is InChI=1S/C10H6ClFO/c11-7-4-6-2-1-3-8(12)10(6)9(13)5-7/h1-5,13H. The summed E-state index contributed by atoms with van der Waals surface area (Å²) in [5.41, 5.74) is 0. The zero-order valence-electron chi connectivity index (χ0n) is 6.59. The van der Waals surface area contributed by atoms with Gasteiger partial charge >= 0.3 is 0 Å². The fourth-order valence-electron chi connectivity index (χ4n) is 1.32. The lowest BCUT2D eigenvalue weighted by Crippen LogP contribution is -1.80. The number of phenols is 1. The quantitative estimate of drug-likeness (QED) is 0.685. The van der Waals surface area contributed by atoms with Crippen molar-refractivity contribution in [2.24, 2.45) is 0 Å². The zero-order valence-corrected chi connectivity index (χ0v) is 7.35. The molecular formula is C10H6ClFO. The van der Waals surface area contributed by atoms with Crippen LogP contribution in [0.4, 0.5) is 4.39 Å². The summed E-state index contributed by atoms with van der Waals surface area (Å²) >= 11 is 5.69. The highest BCUT2D eigenvalue weighted by molar-refractivity contribution is 6.31. The van der Waals surface area contributed by atoms with Gasteiger partial charge in [0.05, 0.1) is 5.39 Å². The second-order valence-electron chi connectivity index (χ2n) is 2.76. The fourth-order valence-corrected chi connectivity index (χ4v) is 1.55. The van der Waals surface area contributed by atoms with Gasteiger partial charge in [-0.1, -0.05) is 23.7 Å². The van der Waals surface area contributed by atoms with E-state index < -0.39 is 5.82 Å². The van der Waals surface area contributed by atoms with Crippen LogP contribution in [0, 0.1) is 5.82 Å². The Hall–Kier alpha value is -1.28. The first kappa shape index (κ1) is 8.32. The Bertz CT molecular complexity index is 468. The molecule has 0 heterocycles. The van der Waals surface area contributed by atoms with E-state index in [0.717, 1.165) is 0 Å². The van der Waals surface area contributed by atoms with Crippen LogP contribution in [0.15, 0.2) is 30.3 Å². The maximum atomic E-state index is 13.2. The molecule has 0 aliphatic heterocycles. The molecule has 0 radical (unpaired) electrons. The number of rotatable bonds is 0. The van der Waals surface area contributed by atoms with Crippen molar-refractivity contribution in [3.63, 3.8) is 0 Å². The highest BCUT2D eigenvalue weighted by Gasteiger charge is 2.05. The summed E-state index contributed by atoms with van der Waals surface area (Å²) < 4.78 is 13.2. The van der Waals surface area contributed by atoms with E-state index in [2.05, 4.69) is 0 Å². The van der Waals surface area contributed by atoms with Crippen LogP contribution in [0.1, 0.15) is 0 Å². The van der Waals surface area contributed by atoms with Crippen LogP contribution in [0.3, 0.4) is 0 Å². The van der Waals surface area contributed by atoms with Crippen molar-refractivity contribution in [2.45, 2.75) is 0 Å². The van der Waals surface area contributed by atoms with Crippen molar-refractivity contribution in [1.82, 2.24) is 0 Å². The second kappa shape index (κ2) is 2.89. The molecule has 2 aromatic carbocycles. The summed E-state index contributed by atoms with van der Waals surface area (Å²) in [6.07, 6.45) is 0. The zero-order chi connectivity index (χ0) is 9.42. The van der Waals surface area contributed by atoms with Gasteiger partial charge in [-0.3, -0.25) is 0 Å². The molecule has 1 nitrogen and oxygen atoms in total. The summed E-state index contributed by atoms with van der Waals surface area (Å²) in [6, 6.07) is 7.51. The number of benzene rings is 2. The van der Waals surface area contributed by atoms with E-state index in [1.807, 2.05) is 0 Å². The molecule has 0 spiro atoms. The summed E-state index contributed by atoms with van der Waals surface area (Å²) in [7, 11) is 0. The Labute approximate surface area is 79.4 Å². The van der Waals surface area contributed by atoms with Crippen LogP contribution < -0.4 is 0 Å². The first-order valence-electron chi connectivity index (χ1n) is 3.75. The van der Waals surface area contributed by atoms with Crippen LogP contribution in [0.5, 0.6) is 5.75 Å². The van der Waals surface area contributed by atoms with Crippen LogP contribution in [0.25, 0.3) is 10.8 Å². The van der Waals surface area contributed by atoms with Crippen molar-refractivity contribution < 1.29 is 9.50 Å². The first-order chi connectivity index (χ1) is 6.18. The largest absolute Gasteiger partial charge is 0.507 e. The molecule has 0 atom stereocenters. The van der Waals surface area contributed by atoms with E-state index in [4.69, 9.17) is 11.6 Å². The predicted molar refractivity (Wildman–Crippen MR) is 50.6 cm³/mol. The van der Waals surface area contributed by atoms with Crippen LogP contribution in [0.2, 0.25) is 5.02 Å². The number of fused-ring (bicyclic) bond motifs is 1. The Morgan fingerprint density at radius 1 is 1.23 bits per heavy atom. The maximum Gasteiger partial charge on any atom is 0.134 e. The van der Waals surface area contributed by atoms with E-state index in [-0.39, 0.29) is 11.1 Å². The molecule has 66 valence electrons. The molecule has 0 aliphatic carbocycles. The van der Waals surface area contributed by atoms with Crippen LogP contribution in [-0.2, 0) is 0 Å². The minimum absolute atomic E-state index is 0.124. The molecule has 13 heavy (non-hydrogen) atoms. The van der Waals surface area contributed by atoms with Crippen molar-refractivity contribution in [1.29, 1.82) is 0 Å². The summed E-state index contributed by atoms with van der Waals surface area (Å²) in [5.74, 6) is -0.563. The molecule has 0 saturated heterocycles. The summed E-state index contributed by atoms with van der Waals surface area (Å²) in [6.45, 7) is 0. The Kier molecular flexibility index (Phi) is 1.85. The van der Waals surface area contributed by atoms with Gasteiger partial charge in [0.2, 0.25) is 0 Å². The van der Waals surface area contributed by atoms with E-state index in [9.17, 15) is 9.50 Å². The van der Waals surface area contributed by atoms with Gasteiger partial charge in [0.15, 0.2) is 0 Å². The molecule has 3 heteroatoms. The molecule has 2 rings (SSSR count). The lowest BCUT2D eigenvalue weighted by molar-refractivity contribution is 0.478. The fraction of sp³-hybridized carbons (Fsp3) is 0. The molecule has 0 saturated carbocycles. The molecular weight excluding hydrogens is 191 g/mol. The predicted octanol–water partition coefficient (Wildman–Crippen LogP) is 3.34. The number of hydrogen-bond donors (Lipinski definition) is 1. The lowest BCUT2D eigenvalue weighted by Gasteiger charge is -2.02. The smallest absolute Gasteiger partial charge is 0.134 e. The van der Waals surface area contributed by atoms with Gasteiger partial charge < -0.3 is 5.11 Å². The molecule has 0 fully saturated rings. The molecule has 1 N–H and O–H groups in total.